The van der Waals surface area contributed by atoms with Crippen LogP contribution in [0.25, 0.3) is 6.08 Å². The molecule has 0 aliphatic heterocycles. The zero-order valence-corrected chi connectivity index (χ0v) is 17.0. The minimum atomic E-state index is -0.0923. The number of para-hydroxylation sites is 1. The Kier molecular flexibility index (Phi) is 7.75. The molecule has 150 valence electrons. The van der Waals surface area contributed by atoms with E-state index >= 15 is 0 Å². The topological polar surface area (TPSA) is 57.2 Å². The van der Waals surface area contributed by atoms with Gasteiger partial charge in [-0.05, 0) is 36.3 Å². The molecule has 0 unspecified atom stereocenters. The van der Waals surface area contributed by atoms with Crippen LogP contribution in [0.2, 0.25) is 0 Å². The minimum Gasteiger partial charge on any atom is -0.493 e. The number of hydrogen-bond donors (Lipinski definition) is 0. The van der Waals surface area contributed by atoms with Gasteiger partial charge < -0.3 is 23.8 Å². The molecule has 0 radical (unpaired) electrons. The van der Waals surface area contributed by atoms with Gasteiger partial charge in [0.25, 0.3) is 0 Å². The van der Waals surface area contributed by atoms with Crippen LogP contribution in [0.4, 0.5) is 0 Å². The lowest BCUT2D eigenvalue weighted by Crippen LogP contribution is -2.27. The molecule has 6 nitrogen and oxygen atoms in total. The first-order chi connectivity index (χ1) is 13.5. The molecule has 2 rings (SSSR count). The van der Waals surface area contributed by atoms with Crippen molar-refractivity contribution in [1.29, 1.82) is 0 Å². The second-order valence-corrected chi connectivity index (χ2v) is 6.12. The number of methoxy groups -OCH3 is 4. The van der Waals surface area contributed by atoms with Crippen molar-refractivity contribution in [3.8, 4) is 23.0 Å². The maximum Gasteiger partial charge on any atom is 0.246 e. The smallest absolute Gasteiger partial charge is 0.246 e. The number of benzene rings is 2. The van der Waals surface area contributed by atoms with E-state index in [1.807, 2.05) is 36.4 Å². The Morgan fingerprint density at radius 3 is 2.29 bits per heavy atom. The number of hydrogen-bond acceptors (Lipinski definition) is 5. The van der Waals surface area contributed by atoms with Gasteiger partial charge in [0.05, 0.1) is 28.4 Å². The summed E-state index contributed by atoms with van der Waals surface area (Å²) in [6, 6.07) is 11.3. The third-order valence-corrected chi connectivity index (χ3v) is 4.40. The summed E-state index contributed by atoms with van der Waals surface area (Å²) in [4.78, 5) is 14.1. The average Bonchev–Trinajstić information content (AvgIpc) is 2.74. The highest BCUT2D eigenvalue weighted by molar-refractivity contribution is 5.92. The summed E-state index contributed by atoms with van der Waals surface area (Å²) in [5.41, 5.74) is 1.85. The van der Waals surface area contributed by atoms with Gasteiger partial charge in [0.1, 0.15) is 0 Å². The Labute approximate surface area is 166 Å². The van der Waals surface area contributed by atoms with Crippen molar-refractivity contribution >= 4 is 12.0 Å². The second kappa shape index (κ2) is 10.3. The quantitative estimate of drug-likeness (QED) is 0.619. The van der Waals surface area contributed by atoms with Gasteiger partial charge in [-0.25, -0.2) is 0 Å². The van der Waals surface area contributed by atoms with Crippen molar-refractivity contribution < 1.29 is 23.7 Å². The summed E-state index contributed by atoms with van der Waals surface area (Å²) in [5, 5.41) is 0. The summed E-state index contributed by atoms with van der Waals surface area (Å²) in [5.74, 6) is 2.50. The predicted octanol–water partition coefficient (Wildman–Crippen LogP) is 3.44. The molecule has 0 bridgehead atoms. The van der Waals surface area contributed by atoms with Gasteiger partial charge in [0.15, 0.2) is 23.0 Å². The monoisotopic (exact) mass is 385 g/mol. The zero-order chi connectivity index (χ0) is 20.5. The number of ether oxygens (including phenoxy) is 4. The maximum atomic E-state index is 12.4. The van der Waals surface area contributed by atoms with Gasteiger partial charge in [0.2, 0.25) is 5.91 Å². The zero-order valence-electron chi connectivity index (χ0n) is 17.0. The van der Waals surface area contributed by atoms with Gasteiger partial charge >= 0.3 is 0 Å². The highest BCUT2D eigenvalue weighted by Gasteiger charge is 2.10. The first kappa shape index (κ1) is 21.2. The van der Waals surface area contributed by atoms with E-state index in [4.69, 9.17) is 18.9 Å². The van der Waals surface area contributed by atoms with E-state index in [0.29, 0.717) is 36.0 Å². The molecule has 28 heavy (non-hydrogen) atoms. The first-order valence-corrected chi connectivity index (χ1v) is 8.89. The fourth-order valence-corrected chi connectivity index (χ4v) is 2.77. The summed E-state index contributed by atoms with van der Waals surface area (Å²) < 4.78 is 21.2. The molecular weight excluding hydrogens is 358 g/mol. The Balaban J connectivity index is 2.01. The molecule has 0 fully saturated rings. The SMILES string of the molecule is COc1ccc(CCN(C)C(=O)/C=C/c2cccc(OC)c2OC)cc1OC. The highest BCUT2D eigenvalue weighted by Crippen LogP contribution is 2.31. The molecule has 0 N–H and O–H groups in total. The summed E-state index contributed by atoms with van der Waals surface area (Å²) in [6.07, 6.45) is 3.97. The molecule has 0 saturated heterocycles. The van der Waals surface area contributed by atoms with Crippen LogP contribution < -0.4 is 18.9 Å². The van der Waals surface area contributed by atoms with Crippen LogP contribution in [-0.2, 0) is 11.2 Å². The Hall–Kier alpha value is -3.15. The molecule has 0 aliphatic rings. The molecule has 0 saturated carbocycles. The van der Waals surface area contributed by atoms with Gasteiger partial charge in [-0.3, -0.25) is 4.79 Å². The number of carbonyl (C=O) groups is 1. The summed E-state index contributed by atoms with van der Waals surface area (Å²) >= 11 is 0. The van der Waals surface area contributed by atoms with Gasteiger partial charge in [0, 0.05) is 25.2 Å². The minimum absolute atomic E-state index is 0.0923. The van der Waals surface area contributed by atoms with Crippen LogP contribution in [0.1, 0.15) is 11.1 Å². The van der Waals surface area contributed by atoms with Crippen LogP contribution in [-0.4, -0.2) is 52.8 Å². The standard InChI is InChI=1S/C22H27NO5/c1-23(14-13-16-9-11-18(25-2)20(15-16)27-4)21(24)12-10-17-7-6-8-19(26-3)22(17)28-5/h6-12,15H,13-14H2,1-5H3/b12-10+. The van der Waals surface area contributed by atoms with Gasteiger partial charge in [-0.15, -0.1) is 0 Å². The van der Waals surface area contributed by atoms with Crippen molar-refractivity contribution in [2.45, 2.75) is 6.42 Å². The number of carbonyl (C=O) groups excluding carboxylic acids is 1. The maximum absolute atomic E-state index is 12.4. The summed E-state index contributed by atoms with van der Waals surface area (Å²) in [7, 11) is 8.14. The highest BCUT2D eigenvalue weighted by atomic mass is 16.5. The molecule has 1 amide bonds. The second-order valence-electron chi connectivity index (χ2n) is 6.12. The van der Waals surface area contributed by atoms with E-state index < -0.39 is 0 Å². The number of likely N-dealkylation sites (N-methyl/N-ethyl adjacent to an activating group) is 1. The van der Waals surface area contributed by atoms with E-state index in [1.165, 1.54) is 6.08 Å². The largest absolute Gasteiger partial charge is 0.493 e. The van der Waals surface area contributed by atoms with Crippen molar-refractivity contribution in [3.63, 3.8) is 0 Å². The first-order valence-electron chi connectivity index (χ1n) is 8.89. The lowest BCUT2D eigenvalue weighted by atomic mass is 10.1. The number of nitrogens with zero attached hydrogens (tertiary/aromatic N) is 1. The molecular formula is C22H27NO5. The van der Waals surface area contributed by atoms with Crippen LogP contribution in [0.3, 0.4) is 0 Å². The molecule has 0 atom stereocenters. The Morgan fingerprint density at radius 1 is 0.929 bits per heavy atom. The molecule has 2 aromatic rings. The van der Waals surface area contributed by atoms with Crippen LogP contribution in [0, 0.1) is 0 Å². The van der Waals surface area contributed by atoms with Gasteiger partial charge in [-0.2, -0.15) is 0 Å². The summed E-state index contributed by atoms with van der Waals surface area (Å²) in [6.45, 7) is 0.577. The van der Waals surface area contributed by atoms with Crippen molar-refractivity contribution in [1.82, 2.24) is 4.90 Å². The molecule has 0 heterocycles. The Bertz CT molecular complexity index is 832. The van der Waals surface area contributed by atoms with Crippen molar-refractivity contribution in [2.75, 3.05) is 42.0 Å². The van der Waals surface area contributed by atoms with Crippen molar-refractivity contribution in [3.05, 3.63) is 53.6 Å². The van der Waals surface area contributed by atoms with Crippen LogP contribution >= 0.6 is 0 Å². The lowest BCUT2D eigenvalue weighted by molar-refractivity contribution is -0.124. The predicted molar refractivity (Wildman–Crippen MR) is 109 cm³/mol. The molecule has 0 spiro atoms. The molecule has 6 heteroatoms. The number of amides is 1. The molecule has 0 aliphatic carbocycles. The Morgan fingerprint density at radius 2 is 1.64 bits per heavy atom. The lowest BCUT2D eigenvalue weighted by Gasteiger charge is -2.16. The van der Waals surface area contributed by atoms with E-state index in [2.05, 4.69) is 0 Å². The van der Waals surface area contributed by atoms with E-state index in [9.17, 15) is 4.79 Å². The van der Waals surface area contributed by atoms with Crippen LogP contribution in [0.15, 0.2) is 42.5 Å². The van der Waals surface area contributed by atoms with Crippen molar-refractivity contribution in [2.24, 2.45) is 0 Å². The van der Waals surface area contributed by atoms with Crippen LogP contribution in [0.5, 0.6) is 23.0 Å². The normalized spacial score (nSPS) is 10.6. The average molecular weight is 385 g/mol. The van der Waals surface area contributed by atoms with E-state index in [-0.39, 0.29) is 5.91 Å². The van der Waals surface area contributed by atoms with Gasteiger partial charge in [-0.1, -0.05) is 18.2 Å². The third-order valence-electron chi connectivity index (χ3n) is 4.40. The fourth-order valence-electron chi connectivity index (χ4n) is 2.77. The molecule has 2 aromatic carbocycles. The fraction of sp³-hybridized carbons (Fsp3) is 0.318. The molecule has 0 aromatic heterocycles. The number of rotatable bonds is 9. The van der Waals surface area contributed by atoms with E-state index in [1.54, 1.807) is 46.5 Å². The van der Waals surface area contributed by atoms with E-state index in [0.717, 1.165) is 11.1 Å². The third kappa shape index (κ3) is 5.19.